The summed E-state index contributed by atoms with van der Waals surface area (Å²) in [6, 6.07) is 7.93. The van der Waals surface area contributed by atoms with Crippen molar-refractivity contribution in [3.8, 4) is 5.75 Å². The first-order valence-corrected chi connectivity index (χ1v) is 12.9. The molecule has 3 aliphatic rings. The fourth-order valence-electron chi connectivity index (χ4n) is 6.71. The molecule has 6 N–H and O–H groups in total. The molecule has 2 unspecified atom stereocenters. The predicted octanol–water partition coefficient (Wildman–Crippen LogP) is 1.21. The number of phenolic OH excluding ortho intramolecular Hbond substituents is 1. The number of aromatic hydroxyl groups is 1. The lowest BCUT2D eigenvalue weighted by Crippen LogP contribution is -2.73. The molecular weight excluding hydrogens is 534 g/mol. The highest BCUT2D eigenvalue weighted by molar-refractivity contribution is 6.25. The van der Waals surface area contributed by atoms with Crippen molar-refractivity contribution in [1.29, 1.82) is 0 Å². The number of nitrogens with zero attached hydrogens (tertiary/aromatic N) is 2. The van der Waals surface area contributed by atoms with Crippen molar-refractivity contribution < 1.29 is 39.7 Å². The van der Waals surface area contributed by atoms with Gasteiger partial charge in [0.05, 0.1) is 16.6 Å². The Bertz CT molecular complexity index is 1560. The van der Waals surface area contributed by atoms with Crippen LogP contribution < -0.4 is 5.73 Å². The molecule has 0 aliphatic heterocycles. The Hall–Kier alpha value is -4.39. The van der Waals surface area contributed by atoms with Crippen LogP contribution in [0.15, 0.2) is 42.0 Å². The average Bonchev–Trinajstić information content (AvgIpc) is 2.90. The second-order valence-electron chi connectivity index (χ2n) is 11.0. The summed E-state index contributed by atoms with van der Waals surface area (Å²) >= 11 is 0. The maximum absolute atomic E-state index is 13.9. The summed E-state index contributed by atoms with van der Waals surface area (Å²) in [5.41, 5.74) is 3.92. The molecule has 3 aliphatic carbocycles. The summed E-state index contributed by atoms with van der Waals surface area (Å²) in [5, 5.41) is 55.8. The van der Waals surface area contributed by atoms with Crippen LogP contribution in [0.5, 0.6) is 5.75 Å². The van der Waals surface area contributed by atoms with E-state index in [9.17, 15) is 44.9 Å². The molecule has 2 aromatic rings. The van der Waals surface area contributed by atoms with E-state index in [0.717, 1.165) is 0 Å². The minimum atomic E-state index is -2.72. The van der Waals surface area contributed by atoms with Gasteiger partial charge < -0.3 is 31.1 Å². The van der Waals surface area contributed by atoms with E-state index in [2.05, 4.69) is 0 Å². The normalized spacial score (nSPS) is 29.3. The Morgan fingerprint density at radius 3 is 2.51 bits per heavy atom. The third kappa shape index (κ3) is 4.22. The quantitative estimate of drug-likeness (QED) is 0.152. The molecular formula is C29H29N3O9. The van der Waals surface area contributed by atoms with E-state index in [1.807, 2.05) is 0 Å². The molecule has 5 rings (SSSR count). The number of nitro benzene ring substituents is 1. The lowest BCUT2D eigenvalue weighted by atomic mass is 9.54. The number of non-ortho nitro benzene ring substituents is 1. The van der Waals surface area contributed by atoms with Crippen molar-refractivity contribution >= 4 is 41.1 Å². The molecule has 214 valence electrons. The van der Waals surface area contributed by atoms with Crippen LogP contribution in [0.1, 0.15) is 28.7 Å². The number of carbonyl (C=O) groups is 3. The molecule has 2 aromatic carbocycles. The van der Waals surface area contributed by atoms with Gasteiger partial charge in [-0.3, -0.25) is 24.5 Å². The van der Waals surface area contributed by atoms with Crippen molar-refractivity contribution in [2.75, 3.05) is 14.1 Å². The van der Waals surface area contributed by atoms with Crippen molar-refractivity contribution in [3.63, 3.8) is 0 Å². The standard InChI is InChI=1S/C29H29N3O9/c1-31(2)23-18-12-15-11-17-14(7-6-13-4-3-5-16(10-13)32(40)41)8-9-19(33)21(17)24(34)20(15)26(36)29(18,39)27(37)22(25(23)35)28(30)38/h3-10,15,18,22-23,25,33-35,39H,11-12H2,1-2H3,(H2,30,38)/b7-6+/t15-,18-,22?,23-,25?,29-/m1/s1. The number of fused-ring (bicyclic) bond motifs is 3. The average molecular weight is 564 g/mol. The van der Waals surface area contributed by atoms with Crippen LogP contribution in [0.3, 0.4) is 0 Å². The van der Waals surface area contributed by atoms with E-state index in [1.54, 1.807) is 44.4 Å². The van der Waals surface area contributed by atoms with Crippen LogP contribution in [-0.2, 0) is 20.8 Å². The third-order valence-electron chi connectivity index (χ3n) is 8.54. The number of hydrogen-bond acceptors (Lipinski definition) is 10. The number of aliphatic hydroxyl groups is 3. The zero-order valence-corrected chi connectivity index (χ0v) is 22.2. The van der Waals surface area contributed by atoms with Gasteiger partial charge in [-0.2, -0.15) is 0 Å². The van der Waals surface area contributed by atoms with Gasteiger partial charge in [0.1, 0.15) is 17.4 Å². The van der Waals surface area contributed by atoms with Crippen LogP contribution in [0.2, 0.25) is 0 Å². The highest BCUT2D eigenvalue weighted by Gasteiger charge is 2.67. The van der Waals surface area contributed by atoms with Gasteiger partial charge in [-0.15, -0.1) is 0 Å². The van der Waals surface area contributed by atoms with E-state index in [1.165, 1.54) is 23.1 Å². The van der Waals surface area contributed by atoms with E-state index in [0.29, 0.717) is 16.7 Å². The molecule has 0 aromatic heterocycles. The van der Waals surface area contributed by atoms with Gasteiger partial charge in [0, 0.05) is 29.7 Å². The monoisotopic (exact) mass is 563 g/mol. The van der Waals surface area contributed by atoms with Crippen molar-refractivity contribution in [3.05, 3.63) is 74.3 Å². The molecule has 0 spiro atoms. The molecule has 2 saturated carbocycles. The van der Waals surface area contributed by atoms with Crippen LogP contribution in [0.25, 0.3) is 17.9 Å². The van der Waals surface area contributed by atoms with E-state index >= 15 is 0 Å². The van der Waals surface area contributed by atoms with Crippen molar-refractivity contribution in [2.24, 2.45) is 23.5 Å². The number of carbonyl (C=O) groups excluding carboxylic acids is 3. The number of hydrogen-bond donors (Lipinski definition) is 5. The molecule has 2 fully saturated rings. The highest BCUT2D eigenvalue weighted by Crippen LogP contribution is 2.52. The first-order valence-electron chi connectivity index (χ1n) is 12.9. The summed E-state index contributed by atoms with van der Waals surface area (Å²) in [6.45, 7) is 0. The summed E-state index contributed by atoms with van der Waals surface area (Å²) < 4.78 is 0. The number of phenols is 1. The molecule has 41 heavy (non-hydrogen) atoms. The lowest BCUT2D eigenvalue weighted by Gasteiger charge is -2.53. The number of primary amides is 1. The highest BCUT2D eigenvalue weighted by atomic mass is 16.6. The molecule has 6 atom stereocenters. The fraction of sp³-hybridized carbons (Fsp3) is 0.345. The third-order valence-corrected chi connectivity index (χ3v) is 8.54. The smallest absolute Gasteiger partial charge is 0.270 e. The van der Waals surface area contributed by atoms with Gasteiger partial charge in [-0.05, 0) is 55.6 Å². The zero-order valence-electron chi connectivity index (χ0n) is 22.2. The Labute approximate surface area is 234 Å². The predicted molar refractivity (Wildman–Crippen MR) is 146 cm³/mol. The summed E-state index contributed by atoms with van der Waals surface area (Å²) in [5.74, 6) is -8.05. The molecule has 12 nitrogen and oxygen atoms in total. The Balaban J connectivity index is 1.62. The first kappa shape index (κ1) is 28.1. The number of likely N-dealkylation sites (N-methyl/N-ethyl adjacent to an activating group) is 1. The van der Waals surface area contributed by atoms with Crippen LogP contribution in [0.4, 0.5) is 5.69 Å². The van der Waals surface area contributed by atoms with Crippen molar-refractivity contribution in [2.45, 2.75) is 30.6 Å². The molecule has 0 saturated heterocycles. The minimum absolute atomic E-state index is 0.00188. The molecule has 0 heterocycles. The van der Waals surface area contributed by atoms with Gasteiger partial charge in [0.25, 0.3) is 5.69 Å². The summed E-state index contributed by atoms with van der Waals surface area (Å²) in [7, 11) is 3.17. The number of rotatable bonds is 5. The molecule has 1 amide bonds. The Morgan fingerprint density at radius 2 is 1.88 bits per heavy atom. The van der Waals surface area contributed by atoms with Gasteiger partial charge in [0.2, 0.25) is 11.7 Å². The Kier molecular flexibility index (Phi) is 6.80. The largest absolute Gasteiger partial charge is 0.507 e. The molecule has 0 radical (unpaired) electrons. The van der Waals surface area contributed by atoms with Gasteiger partial charge in [0.15, 0.2) is 11.4 Å². The molecule has 0 bridgehead atoms. The van der Waals surface area contributed by atoms with Crippen LogP contribution in [0, 0.1) is 27.9 Å². The van der Waals surface area contributed by atoms with Gasteiger partial charge in [-0.1, -0.05) is 30.4 Å². The number of benzene rings is 2. The maximum atomic E-state index is 13.9. The summed E-state index contributed by atoms with van der Waals surface area (Å²) in [4.78, 5) is 51.6. The number of Topliss-reactive ketones (excluding diaryl/α,β-unsaturated/α-hetero) is 2. The second-order valence-corrected chi connectivity index (χ2v) is 11.0. The first-order chi connectivity index (χ1) is 19.3. The molecule has 12 heteroatoms. The van der Waals surface area contributed by atoms with Crippen LogP contribution >= 0.6 is 0 Å². The summed E-state index contributed by atoms with van der Waals surface area (Å²) in [6.07, 6.45) is 1.88. The number of aliphatic hydroxyl groups excluding tert-OH is 2. The van der Waals surface area contributed by atoms with Crippen molar-refractivity contribution in [1.82, 2.24) is 4.90 Å². The maximum Gasteiger partial charge on any atom is 0.270 e. The van der Waals surface area contributed by atoms with E-state index in [4.69, 9.17) is 5.73 Å². The topological polar surface area (TPSA) is 205 Å². The second kappa shape index (κ2) is 9.91. The number of nitro groups is 1. The van der Waals surface area contributed by atoms with E-state index in [-0.39, 0.29) is 35.4 Å². The lowest BCUT2D eigenvalue weighted by molar-refractivity contribution is -0.384. The minimum Gasteiger partial charge on any atom is -0.507 e. The number of amides is 1. The van der Waals surface area contributed by atoms with Gasteiger partial charge >= 0.3 is 0 Å². The van der Waals surface area contributed by atoms with Gasteiger partial charge in [-0.25, -0.2) is 0 Å². The number of nitrogens with two attached hydrogens (primary N) is 1. The van der Waals surface area contributed by atoms with E-state index < -0.39 is 63.7 Å². The Morgan fingerprint density at radius 1 is 1.17 bits per heavy atom. The fourth-order valence-corrected chi connectivity index (χ4v) is 6.71. The SMILES string of the molecule is CN(C)[C@H]1C(O)C(C(N)=O)C(=O)[C@]2(O)C(=O)C3=C(O)c4c(O)ccc(/C=C/c5cccc([N+](=O)[O-])c5)c4C[C@@H]3C[C@H]12. The number of ketones is 2. The van der Waals surface area contributed by atoms with Crippen LogP contribution in [-0.4, -0.2) is 79.6 Å². The zero-order chi connectivity index (χ0) is 30.0.